The summed E-state index contributed by atoms with van der Waals surface area (Å²) in [7, 11) is 0. The Morgan fingerprint density at radius 2 is 2.00 bits per heavy atom. The molecule has 2 aliphatic rings. The van der Waals surface area contributed by atoms with Gasteiger partial charge in [-0.15, -0.1) is 24.8 Å². The lowest BCUT2D eigenvalue weighted by atomic mass is 9.95. The Kier molecular flexibility index (Phi) is 7.29. The number of aromatic nitrogens is 5. The standard InChI is InChI=1S/C20H24N6O.2ClH/c1-4-22-12-17-11-18(24-26(17)8-1)20-23-7-9-25(20)19-14-27-13-16(19)10-15-2-5-21-6-3-15;;/h2-3,5-7,9,11,16,19,22H,1,4,8,10,12-14H2;2*1H/t16-,19-;;/m1../s1. The van der Waals surface area contributed by atoms with Crippen molar-refractivity contribution in [2.45, 2.75) is 32.0 Å². The molecule has 0 saturated carbocycles. The van der Waals surface area contributed by atoms with E-state index < -0.39 is 0 Å². The molecule has 0 amide bonds. The molecule has 29 heavy (non-hydrogen) atoms. The number of fused-ring (bicyclic) bond motifs is 1. The van der Waals surface area contributed by atoms with Crippen LogP contribution in [0.4, 0.5) is 0 Å². The van der Waals surface area contributed by atoms with Crippen LogP contribution < -0.4 is 5.32 Å². The summed E-state index contributed by atoms with van der Waals surface area (Å²) in [6, 6.07) is 6.62. The van der Waals surface area contributed by atoms with Crippen LogP contribution in [0.25, 0.3) is 11.5 Å². The number of nitrogens with zero attached hydrogens (tertiary/aromatic N) is 5. The van der Waals surface area contributed by atoms with Crippen LogP contribution in [0, 0.1) is 5.92 Å². The first kappa shape index (κ1) is 21.8. The number of ether oxygens (including phenoxy) is 1. The van der Waals surface area contributed by atoms with Gasteiger partial charge in [0.05, 0.1) is 24.9 Å². The van der Waals surface area contributed by atoms with E-state index in [0.29, 0.717) is 12.5 Å². The van der Waals surface area contributed by atoms with Gasteiger partial charge in [0.15, 0.2) is 5.82 Å². The van der Waals surface area contributed by atoms with Gasteiger partial charge in [0.2, 0.25) is 0 Å². The Hall–Kier alpha value is -1.93. The maximum atomic E-state index is 5.85. The first-order chi connectivity index (χ1) is 13.4. The summed E-state index contributed by atoms with van der Waals surface area (Å²) in [6.45, 7) is 4.36. The highest BCUT2D eigenvalue weighted by Crippen LogP contribution is 2.32. The molecule has 0 aromatic carbocycles. The van der Waals surface area contributed by atoms with Crippen molar-refractivity contribution < 1.29 is 4.74 Å². The fourth-order valence-electron chi connectivity index (χ4n) is 4.16. The lowest BCUT2D eigenvalue weighted by Gasteiger charge is -2.20. The van der Waals surface area contributed by atoms with Gasteiger partial charge >= 0.3 is 0 Å². The van der Waals surface area contributed by atoms with Gasteiger partial charge in [0, 0.05) is 43.8 Å². The summed E-state index contributed by atoms with van der Waals surface area (Å²) < 4.78 is 10.2. The van der Waals surface area contributed by atoms with Crippen LogP contribution in [-0.2, 0) is 24.2 Å². The largest absolute Gasteiger partial charge is 0.379 e. The van der Waals surface area contributed by atoms with Crippen LogP contribution >= 0.6 is 24.8 Å². The molecule has 0 aliphatic carbocycles. The van der Waals surface area contributed by atoms with E-state index in [4.69, 9.17) is 9.84 Å². The summed E-state index contributed by atoms with van der Waals surface area (Å²) in [5.74, 6) is 1.35. The van der Waals surface area contributed by atoms with Gasteiger partial charge in [0.25, 0.3) is 0 Å². The van der Waals surface area contributed by atoms with Crippen LogP contribution in [-0.4, -0.2) is 44.1 Å². The molecule has 0 unspecified atom stereocenters. The van der Waals surface area contributed by atoms with Crippen molar-refractivity contribution in [2.24, 2.45) is 5.92 Å². The molecule has 1 N–H and O–H groups in total. The average molecular weight is 437 g/mol. The second-order valence-electron chi connectivity index (χ2n) is 7.36. The van der Waals surface area contributed by atoms with Crippen molar-refractivity contribution in [3.63, 3.8) is 0 Å². The topological polar surface area (TPSA) is 69.8 Å². The highest BCUT2D eigenvalue weighted by atomic mass is 35.5. The zero-order valence-corrected chi connectivity index (χ0v) is 17.7. The third-order valence-electron chi connectivity index (χ3n) is 5.56. The molecule has 9 heteroatoms. The van der Waals surface area contributed by atoms with Gasteiger partial charge < -0.3 is 14.6 Å². The number of hydrogen-bond donors (Lipinski definition) is 1. The van der Waals surface area contributed by atoms with E-state index in [1.165, 1.54) is 11.3 Å². The molecule has 0 bridgehead atoms. The van der Waals surface area contributed by atoms with Crippen molar-refractivity contribution in [1.82, 2.24) is 29.6 Å². The minimum Gasteiger partial charge on any atom is -0.379 e. The molecule has 5 rings (SSSR count). The van der Waals surface area contributed by atoms with Gasteiger partial charge in [-0.1, -0.05) is 0 Å². The number of nitrogens with one attached hydrogen (secondary N) is 1. The molecular weight excluding hydrogens is 411 g/mol. The second kappa shape index (κ2) is 9.71. The third-order valence-corrected chi connectivity index (χ3v) is 5.56. The minimum absolute atomic E-state index is 0. The van der Waals surface area contributed by atoms with Crippen LogP contribution in [0.5, 0.6) is 0 Å². The number of halogens is 2. The summed E-state index contributed by atoms with van der Waals surface area (Å²) >= 11 is 0. The van der Waals surface area contributed by atoms with E-state index >= 15 is 0 Å². The number of rotatable bonds is 4. The Morgan fingerprint density at radius 3 is 2.86 bits per heavy atom. The van der Waals surface area contributed by atoms with Gasteiger partial charge in [-0.05, 0) is 43.1 Å². The van der Waals surface area contributed by atoms with Crippen LogP contribution in [0.15, 0.2) is 43.0 Å². The van der Waals surface area contributed by atoms with Crippen LogP contribution in [0.1, 0.15) is 23.7 Å². The molecule has 0 radical (unpaired) electrons. The van der Waals surface area contributed by atoms with Crippen molar-refractivity contribution in [2.75, 3.05) is 19.8 Å². The first-order valence-electron chi connectivity index (χ1n) is 9.66. The van der Waals surface area contributed by atoms with Gasteiger partial charge in [0.1, 0.15) is 5.69 Å². The highest BCUT2D eigenvalue weighted by molar-refractivity contribution is 5.85. The van der Waals surface area contributed by atoms with Gasteiger partial charge in [-0.25, -0.2) is 4.98 Å². The Morgan fingerprint density at radius 1 is 1.14 bits per heavy atom. The SMILES string of the molecule is Cl.Cl.c1cc(C[C@@H]2COC[C@H]2n2ccnc2-c2cc3n(n2)CCCNC3)ccn1. The molecule has 2 aliphatic heterocycles. The van der Waals surface area contributed by atoms with Crippen molar-refractivity contribution in [3.05, 3.63) is 54.2 Å². The molecule has 1 fully saturated rings. The minimum atomic E-state index is 0. The van der Waals surface area contributed by atoms with E-state index in [1.54, 1.807) is 0 Å². The lowest BCUT2D eigenvalue weighted by molar-refractivity contribution is 0.181. The fourth-order valence-corrected chi connectivity index (χ4v) is 4.16. The molecule has 5 heterocycles. The van der Waals surface area contributed by atoms with E-state index in [0.717, 1.165) is 50.6 Å². The third kappa shape index (κ3) is 4.48. The van der Waals surface area contributed by atoms with Crippen molar-refractivity contribution >= 4 is 24.8 Å². The molecule has 0 spiro atoms. The Balaban J connectivity index is 0.00000120. The number of hydrogen-bond acceptors (Lipinski definition) is 5. The molecular formula is C20H26Cl2N6O. The maximum absolute atomic E-state index is 5.85. The van der Waals surface area contributed by atoms with E-state index in [-0.39, 0.29) is 30.9 Å². The fraction of sp³-hybridized carbons (Fsp3) is 0.450. The zero-order valence-electron chi connectivity index (χ0n) is 16.1. The summed E-state index contributed by atoms with van der Waals surface area (Å²) in [5.41, 5.74) is 3.48. The maximum Gasteiger partial charge on any atom is 0.160 e. The molecule has 2 atom stereocenters. The van der Waals surface area contributed by atoms with Crippen molar-refractivity contribution in [3.8, 4) is 11.5 Å². The average Bonchev–Trinajstić information content (AvgIpc) is 3.40. The van der Waals surface area contributed by atoms with Crippen LogP contribution in [0.2, 0.25) is 0 Å². The normalized spacial score (nSPS) is 21.0. The predicted octanol–water partition coefficient (Wildman–Crippen LogP) is 2.91. The van der Waals surface area contributed by atoms with E-state index in [9.17, 15) is 0 Å². The smallest absolute Gasteiger partial charge is 0.160 e. The second-order valence-corrected chi connectivity index (χ2v) is 7.36. The Labute approximate surface area is 182 Å². The summed E-state index contributed by atoms with van der Waals surface area (Å²) in [6.07, 6.45) is 9.74. The molecule has 1 saturated heterocycles. The van der Waals surface area contributed by atoms with E-state index in [2.05, 4.69) is 48.9 Å². The Bertz CT molecular complexity index is 889. The van der Waals surface area contributed by atoms with Crippen LogP contribution in [0.3, 0.4) is 0 Å². The summed E-state index contributed by atoms with van der Waals surface area (Å²) in [5, 5.41) is 8.29. The van der Waals surface area contributed by atoms with Crippen molar-refractivity contribution in [1.29, 1.82) is 0 Å². The molecule has 156 valence electrons. The van der Waals surface area contributed by atoms with E-state index in [1.807, 2.05) is 18.6 Å². The zero-order chi connectivity index (χ0) is 18.1. The summed E-state index contributed by atoms with van der Waals surface area (Å²) in [4.78, 5) is 8.76. The predicted molar refractivity (Wildman–Crippen MR) is 116 cm³/mol. The number of aryl methyl sites for hydroxylation is 1. The first-order valence-corrected chi connectivity index (χ1v) is 9.66. The van der Waals surface area contributed by atoms with Gasteiger partial charge in [-0.3, -0.25) is 9.67 Å². The number of pyridine rings is 1. The monoisotopic (exact) mass is 436 g/mol. The lowest BCUT2D eigenvalue weighted by Crippen LogP contribution is -2.20. The molecule has 3 aromatic rings. The number of imidazole rings is 1. The molecule has 7 nitrogen and oxygen atoms in total. The highest BCUT2D eigenvalue weighted by Gasteiger charge is 2.32. The molecule has 3 aromatic heterocycles. The van der Waals surface area contributed by atoms with Gasteiger partial charge in [-0.2, -0.15) is 5.10 Å². The quantitative estimate of drug-likeness (QED) is 0.680.